The topological polar surface area (TPSA) is 53.1 Å². The van der Waals surface area contributed by atoms with Gasteiger partial charge in [0.25, 0.3) is 5.92 Å². The highest BCUT2D eigenvalue weighted by atomic mass is 35.5. The lowest BCUT2D eigenvalue weighted by Crippen LogP contribution is -2.08. The van der Waals surface area contributed by atoms with E-state index >= 15 is 0 Å². The van der Waals surface area contributed by atoms with Crippen LogP contribution in [0.1, 0.15) is 28.2 Å². The Labute approximate surface area is 82.7 Å². The van der Waals surface area contributed by atoms with E-state index in [0.717, 1.165) is 0 Å². The normalized spacial score (nSPS) is 18.2. The van der Waals surface area contributed by atoms with Crippen molar-refractivity contribution in [3.63, 3.8) is 0 Å². The van der Waals surface area contributed by atoms with Crippen molar-refractivity contribution in [2.75, 3.05) is 0 Å². The Hall–Kier alpha value is -1.10. The van der Waals surface area contributed by atoms with Gasteiger partial charge in [0.2, 0.25) is 0 Å². The van der Waals surface area contributed by atoms with Crippen LogP contribution in [0.2, 0.25) is 5.02 Å². The van der Waals surface area contributed by atoms with E-state index in [9.17, 15) is 13.6 Å². The monoisotopic (exact) mass is 221 g/mol. The van der Waals surface area contributed by atoms with Gasteiger partial charge >= 0.3 is 5.97 Å². The highest BCUT2D eigenvalue weighted by Gasteiger charge is 2.44. The van der Waals surface area contributed by atoms with Gasteiger partial charge in [-0.05, 0) is 6.42 Å². The molecule has 0 spiro atoms. The summed E-state index contributed by atoms with van der Waals surface area (Å²) in [5.41, 5.74) is -0.468. The molecular weight excluding hydrogens is 216 g/mol. The summed E-state index contributed by atoms with van der Waals surface area (Å²) in [5.74, 6) is -4.32. The molecule has 1 aliphatic carbocycles. The van der Waals surface area contributed by atoms with Gasteiger partial charge in [0, 0.05) is 12.1 Å². The van der Waals surface area contributed by atoms with Gasteiger partial charge in [0.1, 0.15) is 5.69 Å². The highest BCUT2D eigenvalue weighted by molar-refractivity contribution is 6.34. The molecule has 0 aliphatic heterocycles. The van der Waals surface area contributed by atoms with Crippen LogP contribution in [-0.2, 0) is 12.3 Å². The number of hydrogen-bond donors (Lipinski definition) is 2. The zero-order valence-electron chi connectivity index (χ0n) is 6.90. The van der Waals surface area contributed by atoms with Gasteiger partial charge in [-0.2, -0.15) is 0 Å². The maximum atomic E-state index is 13.2. The van der Waals surface area contributed by atoms with Gasteiger partial charge in [0.05, 0.1) is 10.6 Å². The Bertz CT molecular complexity index is 414. The standard InChI is InChI=1S/C8H6ClF2NO2/c9-5-4-3(1-2-8(4,10)11)12-6(5)7(13)14/h12H,1-2H2,(H,13,14). The second-order valence-electron chi connectivity index (χ2n) is 3.18. The number of nitrogens with one attached hydrogen (secondary N) is 1. The average molecular weight is 222 g/mol. The van der Waals surface area contributed by atoms with E-state index in [1.807, 2.05) is 0 Å². The predicted molar refractivity (Wildman–Crippen MR) is 45.0 cm³/mol. The number of carbonyl (C=O) groups is 1. The summed E-state index contributed by atoms with van der Waals surface area (Å²) in [5, 5.41) is 8.27. The number of hydrogen-bond acceptors (Lipinski definition) is 1. The molecule has 0 bridgehead atoms. The van der Waals surface area contributed by atoms with Crippen LogP contribution in [-0.4, -0.2) is 16.1 Å². The van der Waals surface area contributed by atoms with Crippen LogP contribution in [0.4, 0.5) is 8.78 Å². The molecule has 6 heteroatoms. The number of halogens is 3. The van der Waals surface area contributed by atoms with Crippen LogP contribution < -0.4 is 0 Å². The maximum absolute atomic E-state index is 13.2. The molecule has 0 amide bonds. The van der Waals surface area contributed by atoms with Gasteiger partial charge in [-0.1, -0.05) is 11.6 Å². The van der Waals surface area contributed by atoms with Crippen molar-refractivity contribution >= 4 is 17.6 Å². The van der Waals surface area contributed by atoms with Crippen LogP contribution in [0.25, 0.3) is 0 Å². The van der Waals surface area contributed by atoms with Gasteiger partial charge in [-0.25, -0.2) is 13.6 Å². The quantitative estimate of drug-likeness (QED) is 0.765. The van der Waals surface area contributed by atoms with Crippen molar-refractivity contribution < 1.29 is 18.7 Å². The molecule has 0 fully saturated rings. The summed E-state index contributed by atoms with van der Waals surface area (Å²) in [6.45, 7) is 0. The molecule has 0 aromatic carbocycles. The average Bonchev–Trinajstić information content (AvgIpc) is 2.52. The molecule has 2 rings (SSSR count). The second-order valence-corrected chi connectivity index (χ2v) is 3.56. The van der Waals surface area contributed by atoms with Gasteiger partial charge in [-0.3, -0.25) is 0 Å². The van der Waals surface area contributed by atoms with Crippen LogP contribution >= 0.6 is 11.6 Å². The van der Waals surface area contributed by atoms with E-state index in [2.05, 4.69) is 4.98 Å². The number of carboxylic acid groups (broad SMARTS) is 1. The van der Waals surface area contributed by atoms with E-state index in [0.29, 0.717) is 0 Å². The number of aromatic amines is 1. The molecule has 0 saturated heterocycles. The molecule has 3 nitrogen and oxygen atoms in total. The minimum Gasteiger partial charge on any atom is -0.477 e. The molecule has 2 N–H and O–H groups in total. The third-order valence-corrected chi connectivity index (χ3v) is 2.66. The summed E-state index contributed by atoms with van der Waals surface area (Å²) in [6.07, 6.45) is -0.177. The number of carboxylic acids is 1. The first-order valence-corrected chi connectivity index (χ1v) is 4.33. The summed E-state index contributed by atoms with van der Waals surface area (Å²) in [7, 11) is 0. The number of alkyl halides is 2. The second kappa shape index (κ2) is 2.70. The largest absolute Gasteiger partial charge is 0.477 e. The fraction of sp³-hybridized carbons (Fsp3) is 0.375. The Morgan fingerprint density at radius 2 is 2.21 bits per heavy atom. The molecule has 76 valence electrons. The van der Waals surface area contributed by atoms with Crippen LogP contribution in [0, 0.1) is 0 Å². The Morgan fingerprint density at radius 3 is 2.71 bits per heavy atom. The van der Waals surface area contributed by atoms with Crippen LogP contribution in [0.5, 0.6) is 0 Å². The fourth-order valence-corrected chi connectivity index (χ4v) is 2.03. The first kappa shape index (κ1) is 9.45. The van der Waals surface area contributed by atoms with E-state index in [1.54, 1.807) is 0 Å². The number of fused-ring (bicyclic) bond motifs is 1. The molecule has 0 unspecified atom stereocenters. The maximum Gasteiger partial charge on any atom is 0.353 e. The molecule has 0 radical (unpaired) electrons. The predicted octanol–water partition coefficient (Wildman–Crippen LogP) is 2.40. The first-order chi connectivity index (χ1) is 6.43. The smallest absolute Gasteiger partial charge is 0.353 e. The molecule has 0 atom stereocenters. The SMILES string of the molecule is O=C(O)c1[nH]c2c(c1Cl)C(F)(F)CC2. The lowest BCUT2D eigenvalue weighted by atomic mass is 10.2. The summed E-state index contributed by atoms with van der Waals surface area (Å²) >= 11 is 5.56. The summed E-state index contributed by atoms with van der Waals surface area (Å²) in [6, 6.07) is 0. The fourth-order valence-electron chi connectivity index (χ4n) is 1.65. The third kappa shape index (κ3) is 1.12. The van der Waals surface area contributed by atoms with Crippen molar-refractivity contribution in [3.05, 3.63) is 22.0 Å². The van der Waals surface area contributed by atoms with Crippen molar-refractivity contribution in [3.8, 4) is 0 Å². The van der Waals surface area contributed by atoms with E-state index in [-0.39, 0.29) is 34.8 Å². The summed E-state index contributed by atoms with van der Waals surface area (Å²) in [4.78, 5) is 13.0. The lowest BCUT2D eigenvalue weighted by molar-refractivity contribution is -0.00169. The molecule has 0 saturated carbocycles. The minimum absolute atomic E-state index is 0.134. The first-order valence-electron chi connectivity index (χ1n) is 3.95. The van der Waals surface area contributed by atoms with Gasteiger partial charge in [-0.15, -0.1) is 0 Å². The van der Waals surface area contributed by atoms with Crippen molar-refractivity contribution in [2.45, 2.75) is 18.8 Å². The molecular formula is C8H6ClF2NO2. The molecule has 1 aliphatic rings. The highest BCUT2D eigenvalue weighted by Crippen LogP contribution is 2.46. The van der Waals surface area contributed by atoms with Crippen LogP contribution in [0.15, 0.2) is 0 Å². The lowest BCUT2D eigenvalue weighted by Gasteiger charge is -2.08. The van der Waals surface area contributed by atoms with E-state index in [4.69, 9.17) is 16.7 Å². The third-order valence-electron chi connectivity index (χ3n) is 2.29. The number of aryl methyl sites for hydroxylation is 1. The van der Waals surface area contributed by atoms with Crippen molar-refractivity contribution in [1.82, 2.24) is 4.98 Å². The molecule has 1 aromatic heterocycles. The molecule has 1 heterocycles. The zero-order chi connectivity index (χ0) is 10.5. The van der Waals surface area contributed by atoms with Crippen molar-refractivity contribution in [1.29, 1.82) is 0 Å². The number of H-pyrrole nitrogens is 1. The number of aromatic nitrogens is 1. The van der Waals surface area contributed by atoms with E-state index in [1.165, 1.54) is 0 Å². The Balaban J connectivity index is 2.61. The number of rotatable bonds is 1. The zero-order valence-corrected chi connectivity index (χ0v) is 7.66. The Kier molecular flexibility index (Phi) is 1.82. The Morgan fingerprint density at radius 1 is 1.57 bits per heavy atom. The van der Waals surface area contributed by atoms with Gasteiger partial charge < -0.3 is 10.1 Å². The molecule has 14 heavy (non-hydrogen) atoms. The van der Waals surface area contributed by atoms with Gasteiger partial charge in [0.15, 0.2) is 0 Å². The van der Waals surface area contributed by atoms with Crippen LogP contribution in [0.3, 0.4) is 0 Å². The molecule has 1 aromatic rings. The minimum atomic E-state index is -3.00. The van der Waals surface area contributed by atoms with E-state index < -0.39 is 11.9 Å². The number of aromatic carboxylic acids is 1. The van der Waals surface area contributed by atoms with Crippen molar-refractivity contribution in [2.24, 2.45) is 0 Å². The summed E-state index contributed by atoms with van der Waals surface area (Å²) < 4.78 is 26.4.